The minimum absolute atomic E-state index is 0.166. The van der Waals surface area contributed by atoms with E-state index in [-0.39, 0.29) is 16.2 Å². The largest absolute Gasteiger partial charge is 0.379 e. The molecule has 0 unspecified atom stereocenters. The van der Waals surface area contributed by atoms with Crippen molar-refractivity contribution in [2.24, 2.45) is 0 Å². The molecule has 0 aliphatic carbocycles. The number of nitrogens with zero attached hydrogens (tertiary/aromatic N) is 2. The number of hydrogen-bond acceptors (Lipinski definition) is 4. The maximum Gasteiger partial charge on any atom is 0.287 e. The smallest absolute Gasteiger partial charge is 0.287 e. The fourth-order valence-corrected chi connectivity index (χ4v) is 1.78. The topological polar surface area (TPSA) is 56.1 Å². The first-order valence-corrected chi connectivity index (χ1v) is 6.42. The van der Waals surface area contributed by atoms with Crippen LogP contribution in [0.2, 0.25) is 5.02 Å². The molecule has 0 aromatic carbocycles. The summed E-state index contributed by atoms with van der Waals surface area (Å²) in [5.41, 5.74) is -0.0601. The van der Waals surface area contributed by atoms with Gasteiger partial charge in [0, 0.05) is 19.7 Å². The average molecular weight is 274 g/mol. The molecule has 5 nitrogen and oxygen atoms in total. The summed E-state index contributed by atoms with van der Waals surface area (Å²) in [6.45, 7) is 9.42. The van der Waals surface area contributed by atoms with Crippen LogP contribution in [0, 0.1) is 0 Å². The Morgan fingerprint density at radius 3 is 2.72 bits per heavy atom. The molecule has 1 N–H and O–H groups in total. The van der Waals surface area contributed by atoms with Crippen molar-refractivity contribution in [1.82, 2.24) is 9.78 Å². The van der Waals surface area contributed by atoms with E-state index in [9.17, 15) is 4.79 Å². The van der Waals surface area contributed by atoms with Crippen LogP contribution in [0.25, 0.3) is 0 Å². The highest BCUT2D eigenvalue weighted by Crippen LogP contribution is 2.17. The molecular formula is C12H20ClN3O2. The van der Waals surface area contributed by atoms with Gasteiger partial charge in [0.25, 0.3) is 5.56 Å². The lowest BCUT2D eigenvalue weighted by atomic mass is 10.1. The van der Waals surface area contributed by atoms with E-state index in [1.165, 1.54) is 4.68 Å². The van der Waals surface area contributed by atoms with Gasteiger partial charge in [-0.15, -0.1) is 0 Å². The summed E-state index contributed by atoms with van der Waals surface area (Å²) in [7, 11) is 0. The molecule has 0 fully saturated rings. The van der Waals surface area contributed by atoms with Crippen LogP contribution in [-0.4, -0.2) is 28.5 Å². The van der Waals surface area contributed by atoms with Crippen molar-refractivity contribution in [2.75, 3.05) is 18.5 Å². The van der Waals surface area contributed by atoms with Crippen molar-refractivity contribution in [3.05, 3.63) is 21.6 Å². The van der Waals surface area contributed by atoms with E-state index in [2.05, 4.69) is 10.4 Å². The van der Waals surface area contributed by atoms with Crippen molar-refractivity contribution in [3.8, 4) is 0 Å². The predicted octanol–water partition coefficient (Wildman–Crippen LogP) is 2.14. The summed E-state index contributed by atoms with van der Waals surface area (Å²) in [6, 6.07) is 0. The molecule has 0 amide bonds. The van der Waals surface area contributed by atoms with Gasteiger partial charge in [0.15, 0.2) is 0 Å². The molecule has 0 atom stereocenters. The van der Waals surface area contributed by atoms with E-state index >= 15 is 0 Å². The molecule has 0 radical (unpaired) electrons. The Kier molecular flexibility index (Phi) is 5.16. The first-order chi connectivity index (χ1) is 8.41. The molecule has 0 saturated carbocycles. The molecule has 1 aromatic rings. The highest BCUT2D eigenvalue weighted by Gasteiger charge is 2.18. The number of aromatic nitrogens is 2. The van der Waals surface area contributed by atoms with Crippen LogP contribution in [0.15, 0.2) is 11.0 Å². The van der Waals surface area contributed by atoms with Gasteiger partial charge in [-0.2, -0.15) is 5.10 Å². The van der Waals surface area contributed by atoms with Gasteiger partial charge in [0.1, 0.15) is 5.02 Å². The molecule has 0 aliphatic rings. The highest BCUT2D eigenvalue weighted by molar-refractivity contribution is 6.32. The van der Waals surface area contributed by atoms with Crippen molar-refractivity contribution >= 4 is 17.3 Å². The van der Waals surface area contributed by atoms with Crippen molar-refractivity contribution in [1.29, 1.82) is 0 Å². The van der Waals surface area contributed by atoms with Crippen LogP contribution in [0.1, 0.15) is 27.7 Å². The van der Waals surface area contributed by atoms with E-state index in [4.69, 9.17) is 16.3 Å². The summed E-state index contributed by atoms with van der Waals surface area (Å²) in [6.07, 6.45) is 1.56. The average Bonchev–Trinajstić information content (AvgIpc) is 2.31. The second-order valence-electron chi connectivity index (χ2n) is 4.54. The third-order valence-corrected chi connectivity index (χ3v) is 2.89. The van der Waals surface area contributed by atoms with Gasteiger partial charge >= 0.3 is 0 Å². The van der Waals surface area contributed by atoms with Crippen molar-refractivity contribution in [2.45, 2.75) is 39.8 Å². The molecule has 1 rings (SSSR count). The van der Waals surface area contributed by atoms with Gasteiger partial charge in [-0.05, 0) is 27.7 Å². The molecule has 1 heterocycles. The number of aryl methyl sites for hydroxylation is 1. The summed E-state index contributed by atoms with van der Waals surface area (Å²) in [4.78, 5) is 11.8. The second-order valence-corrected chi connectivity index (χ2v) is 4.92. The van der Waals surface area contributed by atoms with Gasteiger partial charge in [0.2, 0.25) is 0 Å². The molecule has 0 aliphatic heterocycles. The Morgan fingerprint density at radius 2 is 2.17 bits per heavy atom. The molecule has 0 spiro atoms. The molecular weight excluding hydrogens is 254 g/mol. The second kappa shape index (κ2) is 6.20. The Bertz CT molecular complexity index is 457. The molecule has 1 aromatic heterocycles. The summed E-state index contributed by atoms with van der Waals surface area (Å²) in [5, 5.41) is 7.28. The normalized spacial score (nSPS) is 11.6. The summed E-state index contributed by atoms with van der Waals surface area (Å²) in [5.74, 6) is 0. The molecule has 6 heteroatoms. The minimum Gasteiger partial charge on any atom is -0.379 e. The zero-order chi connectivity index (χ0) is 13.8. The van der Waals surface area contributed by atoms with Crippen LogP contribution in [0.5, 0.6) is 0 Å². The van der Waals surface area contributed by atoms with Crippen molar-refractivity contribution < 1.29 is 4.74 Å². The van der Waals surface area contributed by atoms with Crippen LogP contribution in [0.3, 0.4) is 0 Å². The van der Waals surface area contributed by atoms with E-state index in [0.717, 1.165) is 0 Å². The Hall–Kier alpha value is -1.07. The standard InChI is InChI=1S/C12H20ClN3O2/c1-5-16-11(17)10(13)9(7-15-16)14-8-12(3,4)18-6-2/h7,14H,5-6,8H2,1-4H3. The molecule has 0 saturated heterocycles. The van der Waals surface area contributed by atoms with Crippen LogP contribution < -0.4 is 10.9 Å². The summed E-state index contributed by atoms with van der Waals surface area (Å²) >= 11 is 6.01. The molecule has 102 valence electrons. The first-order valence-electron chi connectivity index (χ1n) is 6.04. The third kappa shape index (κ3) is 3.71. The van der Waals surface area contributed by atoms with Gasteiger partial charge in [-0.25, -0.2) is 4.68 Å². The van der Waals surface area contributed by atoms with E-state index in [0.29, 0.717) is 25.4 Å². The zero-order valence-corrected chi connectivity index (χ0v) is 12.0. The highest BCUT2D eigenvalue weighted by atomic mass is 35.5. The van der Waals surface area contributed by atoms with Crippen LogP contribution in [0.4, 0.5) is 5.69 Å². The SMILES string of the molecule is CCOC(C)(C)CNc1cnn(CC)c(=O)c1Cl. The van der Waals surface area contributed by atoms with Crippen LogP contribution >= 0.6 is 11.6 Å². The monoisotopic (exact) mass is 273 g/mol. The lowest BCUT2D eigenvalue weighted by Gasteiger charge is -2.25. The quantitative estimate of drug-likeness (QED) is 0.863. The maximum atomic E-state index is 11.8. The lowest BCUT2D eigenvalue weighted by molar-refractivity contribution is 0.000692. The van der Waals surface area contributed by atoms with E-state index in [1.807, 2.05) is 27.7 Å². The predicted molar refractivity (Wildman–Crippen MR) is 73.4 cm³/mol. The van der Waals surface area contributed by atoms with Gasteiger partial charge in [-0.1, -0.05) is 11.6 Å². The van der Waals surface area contributed by atoms with Gasteiger partial charge < -0.3 is 10.1 Å². The maximum absolute atomic E-state index is 11.8. The van der Waals surface area contributed by atoms with Crippen LogP contribution in [-0.2, 0) is 11.3 Å². The number of anilines is 1. The summed E-state index contributed by atoms with van der Waals surface area (Å²) < 4.78 is 6.88. The number of hydrogen-bond donors (Lipinski definition) is 1. The number of ether oxygens (including phenoxy) is 1. The van der Waals surface area contributed by atoms with Gasteiger partial charge in [0.05, 0.1) is 17.5 Å². The fourth-order valence-electron chi connectivity index (χ4n) is 1.56. The first kappa shape index (κ1) is 15.0. The number of rotatable bonds is 6. The van der Waals surface area contributed by atoms with E-state index in [1.54, 1.807) is 6.20 Å². The van der Waals surface area contributed by atoms with Gasteiger partial charge in [-0.3, -0.25) is 4.79 Å². The number of halogens is 1. The molecule has 0 bridgehead atoms. The fraction of sp³-hybridized carbons (Fsp3) is 0.667. The zero-order valence-electron chi connectivity index (χ0n) is 11.3. The number of nitrogens with one attached hydrogen (secondary N) is 1. The minimum atomic E-state index is -0.322. The Balaban J connectivity index is 2.81. The third-order valence-electron chi connectivity index (χ3n) is 2.52. The van der Waals surface area contributed by atoms with Crippen molar-refractivity contribution in [3.63, 3.8) is 0 Å². The Morgan fingerprint density at radius 1 is 1.50 bits per heavy atom. The molecule has 18 heavy (non-hydrogen) atoms. The van der Waals surface area contributed by atoms with E-state index < -0.39 is 0 Å². The Labute approximate surface area is 112 Å². The lowest BCUT2D eigenvalue weighted by Crippen LogP contribution is -2.34.